The zero-order chi connectivity index (χ0) is 23.5. The van der Waals surface area contributed by atoms with Gasteiger partial charge in [0.25, 0.3) is 11.8 Å². The van der Waals surface area contributed by atoms with E-state index >= 15 is 0 Å². The molecule has 0 aliphatic carbocycles. The van der Waals surface area contributed by atoms with Crippen molar-refractivity contribution in [1.82, 2.24) is 0 Å². The first kappa shape index (κ1) is 22.1. The number of carbonyl (C=O) groups is 2. The average molecular weight is 443 g/mol. The van der Waals surface area contributed by atoms with Crippen LogP contribution in [0.3, 0.4) is 0 Å². The van der Waals surface area contributed by atoms with Crippen molar-refractivity contribution in [3.63, 3.8) is 0 Å². The molecule has 0 unspecified atom stereocenters. The Labute approximate surface area is 193 Å². The molecule has 33 heavy (non-hydrogen) atoms. The third kappa shape index (κ3) is 4.20. The van der Waals surface area contributed by atoms with E-state index in [1.54, 1.807) is 61.5 Å². The summed E-state index contributed by atoms with van der Waals surface area (Å²) >= 11 is 0. The number of rotatable bonds is 7. The number of amides is 2. The van der Waals surface area contributed by atoms with Crippen LogP contribution < -0.4 is 19.3 Å². The van der Waals surface area contributed by atoms with E-state index in [1.807, 2.05) is 50.2 Å². The van der Waals surface area contributed by atoms with Crippen molar-refractivity contribution in [3.05, 3.63) is 90.1 Å². The Kier molecular flexibility index (Phi) is 6.18. The molecule has 0 bridgehead atoms. The van der Waals surface area contributed by atoms with E-state index in [9.17, 15) is 9.59 Å². The van der Waals surface area contributed by atoms with Crippen molar-refractivity contribution in [2.45, 2.75) is 20.0 Å². The van der Waals surface area contributed by atoms with Crippen molar-refractivity contribution in [3.8, 4) is 11.5 Å². The van der Waals surface area contributed by atoms with E-state index < -0.39 is 11.8 Å². The first-order valence-electron chi connectivity index (χ1n) is 10.7. The predicted molar refractivity (Wildman–Crippen MR) is 129 cm³/mol. The SMILES string of the molecule is COc1ccc(C2=C(N(C)c3ccccc3)C(=O)N(c3ccccc3OC(C)C)C2=O)cc1. The molecule has 2 amide bonds. The molecule has 168 valence electrons. The fourth-order valence-corrected chi connectivity index (χ4v) is 3.84. The molecule has 3 aromatic carbocycles. The van der Waals surface area contributed by atoms with Crippen LogP contribution in [0.25, 0.3) is 5.57 Å². The second-order valence-corrected chi connectivity index (χ2v) is 7.93. The number of methoxy groups -OCH3 is 1. The lowest BCUT2D eigenvalue weighted by atomic mass is 10.0. The summed E-state index contributed by atoms with van der Waals surface area (Å²) in [6.07, 6.45) is -0.112. The monoisotopic (exact) mass is 442 g/mol. The first-order chi connectivity index (χ1) is 15.9. The van der Waals surface area contributed by atoms with E-state index in [4.69, 9.17) is 9.47 Å². The lowest BCUT2D eigenvalue weighted by Gasteiger charge is -2.23. The number of imide groups is 1. The lowest BCUT2D eigenvalue weighted by molar-refractivity contribution is -0.120. The Hall–Kier alpha value is -4.06. The molecule has 0 atom stereocenters. The molecule has 0 fully saturated rings. The standard InChI is InChI=1S/C27H26N2O4/c1-18(2)33-23-13-9-8-12-22(23)29-26(30)24(19-14-16-21(32-4)17-15-19)25(27(29)31)28(3)20-10-6-5-7-11-20/h5-18H,1-4H3. The lowest BCUT2D eigenvalue weighted by Crippen LogP contribution is -2.34. The van der Waals surface area contributed by atoms with Crippen LogP contribution in [0.5, 0.6) is 11.5 Å². The smallest absolute Gasteiger partial charge is 0.282 e. The minimum absolute atomic E-state index is 0.112. The van der Waals surface area contributed by atoms with Gasteiger partial charge in [0.1, 0.15) is 17.2 Å². The zero-order valence-electron chi connectivity index (χ0n) is 19.1. The van der Waals surface area contributed by atoms with Gasteiger partial charge in [0.2, 0.25) is 0 Å². The molecule has 1 aliphatic heterocycles. The van der Waals surface area contributed by atoms with Gasteiger partial charge in [-0.1, -0.05) is 42.5 Å². The highest BCUT2D eigenvalue weighted by molar-refractivity contribution is 6.46. The van der Waals surface area contributed by atoms with Crippen LogP contribution in [-0.4, -0.2) is 32.1 Å². The number of benzene rings is 3. The second-order valence-electron chi connectivity index (χ2n) is 7.93. The van der Waals surface area contributed by atoms with Crippen LogP contribution in [-0.2, 0) is 9.59 Å². The maximum Gasteiger partial charge on any atom is 0.282 e. The van der Waals surface area contributed by atoms with Gasteiger partial charge in [-0.2, -0.15) is 0 Å². The van der Waals surface area contributed by atoms with Crippen LogP contribution >= 0.6 is 0 Å². The number of carbonyl (C=O) groups excluding carboxylic acids is 2. The van der Waals surface area contributed by atoms with Crippen molar-refractivity contribution in [1.29, 1.82) is 0 Å². The van der Waals surface area contributed by atoms with Crippen LogP contribution in [0, 0.1) is 0 Å². The molecule has 3 aromatic rings. The van der Waals surface area contributed by atoms with Gasteiger partial charge in [0, 0.05) is 12.7 Å². The summed E-state index contributed by atoms with van der Waals surface area (Å²) in [6.45, 7) is 3.81. The summed E-state index contributed by atoms with van der Waals surface area (Å²) in [4.78, 5) is 30.5. The van der Waals surface area contributed by atoms with E-state index in [1.165, 1.54) is 4.90 Å². The summed E-state index contributed by atoms with van der Waals surface area (Å²) in [5.74, 6) is 0.341. The van der Waals surface area contributed by atoms with Gasteiger partial charge in [-0.3, -0.25) is 9.59 Å². The number of para-hydroxylation sites is 3. The van der Waals surface area contributed by atoms with Gasteiger partial charge in [0.15, 0.2) is 0 Å². The van der Waals surface area contributed by atoms with Gasteiger partial charge in [-0.05, 0) is 55.8 Å². The minimum Gasteiger partial charge on any atom is -0.497 e. The van der Waals surface area contributed by atoms with Gasteiger partial charge in [-0.15, -0.1) is 0 Å². The Morgan fingerprint density at radius 2 is 1.45 bits per heavy atom. The van der Waals surface area contributed by atoms with Crippen molar-refractivity contribution in [2.75, 3.05) is 24.0 Å². The first-order valence-corrected chi connectivity index (χ1v) is 10.7. The minimum atomic E-state index is -0.406. The van der Waals surface area contributed by atoms with E-state index in [0.717, 1.165) is 5.69 Å². The third-order valence-electron chi connectivity index (χ3n) is 5.39. The molecule has 0 spiro atoms. The van der Waals surface area contributed by atoms with Crippen LogP contribution in [0.4, 0.5) is 11.4 Å². The molecule has 6 heteroatoms. The topological polar surface area (TPSA) is 59.1 Å². The number of hydrogen-bond donors (Lipinski definition) is 0. The Morgan fingerprint density at radius 1 is 0.818 bits per heavy atom. The average Bonchev–Trinajstić information content (AvgIpc) is 3.09. The van der Waals surface area contributed by atoms with Crippen molar-refractivity contribution in [2.24, 2.45) is 0 Å². The van der Waals surface area contributed by atoms with Crippen LogP contribution in [0.15, 0.2) is 84.6 Å². The van der Waals surface area contributed by atoms with E-state index in [2.05, 4.69) is 0 Å². The second kappa shape index (κ2) is 9.20. The molecule has 0 saturated heterocycles. The van der Waals surface area contributed by atoms with Crippen molar-refractivity contribution >= 4 is 28.8 Å². The van der Waals surface area contributed by atoms with Crippen LogP contribution in [0.2, 0.25) is 0 Å². The van der Waals surface area contributed by atoms with Crippen LogP contribution in [0.1, 0.15) is 19.4 Å². The molecule has 0 saturated carbocycles. The maximum absolute atomic E-state index is 13.8. The Morgan fingerprint density at radius 3 is 2.09 bits per heavy atom. The molecule has 6 nitrogen and oxygen atoms in total. The quantitative estimate of drug-likeness (QED) is 0.487. The molecule has 0 N–H and O–H groups in total. The molecule has 1 aliphatic rings. The number of hydrogen-bond acceptors (Lipinski definition) is 5. The fourth-order valence-electron chi connectivity index (χ4n) is 3.84. The summed E-state index contributed by atoms with van der Waals surface area (Å²) in [5, 5.41) is 0. The van der Waals surface area contributed by atoms with Gasteiger partial charge < -0.3 is 14.4 Å². The molecule has 0 aromatic heterocycles. The van der Waals surface area contributed by atoms with E-state index in [-0.39, 0.29) is 6.10 Å². The molecule has 4 rings (SSSR count). The summed E-state index contributed by atoms with van der Waals surface area (Å²) in [6, 6.07) is 23.7. The zero-order valence-corrected chi connectivity index (χ0v) is 19.1. The highest BCUT2D eigenvalue weighted by atomic mass is 16.5. The molecular weight excluding hydrogens is 416 g/mol. The van der Waals surface area contributed by atoms with Crippen molar-refractivity contribution < 1.29 is 19.1 Å². The summed E-state index contributed by atoms with van der Waals surface area (Å²) in [5.41, 5.74) is 2.48. The summed E-state index contributed by atoms with van der Waals surface area (Å²) in [7, 11) is 3.37. The van der Waals surface area contributed by atoms with E-state index in [0.29, 0.717) is 34.0 Å². The van der Waals surface area contributed by atoms with Gasteiger partial charge in [0.05, 0.1) is 24.5 Å². The molecular formula is C27H26N2O4. The number of ether oxygens (including phenoxy) is 2. The Bertz CT molecular complexity index is 1200. The summed E-state index contributed by atoms with van der Waals surface area (Å²) < 4.78 is 11.2. The normalized spacial score (nSPS) is 13.7. The van der Waals surface area contributed by atoms with Gasteiger partial charge in [-0.25, -0.2) is 4.90 Å². The predicted octanol–water partition coefficient (Wildman–Crippen LogP) is 4.90. The number of anilines is 2. The molecule has 0 radical (unpaired) electrons. The van der Waals surface area contributed by atoms with Gasteiger partial charge >= 0.3 is 0 Å². The number of likely N-dealkylation sites (N-methyl/N-ethyl adjacent to an activating group) is 1. The Balaban J connectivity index is 1.86. The molecule has 1 heterocycles. The number of nitrogens with zero attached hydrogens (tertiary/aromatic N) is 2. The highest BCUT2D eigenvalue weighted by Gasteiger charge is 2.43. The maximum atomic E-state index is 13.8. The highest BCUT2D eigenvalue weighted by Crippen LogP contribution is 2.39. The third-order valence-corrected chi connectivity index (χ3v) is 5.39. The largest absolute Gasteiger partial charge is 0.497 e. The fraction of sp³-hybridized carbons (Fsp3) is 0.185.